The van der Waals surface area contributed by atoms with Crippen LogP contribution in [0, 0.1) is 5.92 Å². The monoisotopic (exact) mass is 290 g/mol. The molecule has 0 spiro atoms. The van der Waals surface area contributed by atoms with Crippen LogP contribution >= 0.6 is 35.0 Å². The van der Waals surface area contributed by atoms with Crippen molar-refractivity contribution < 1.29 is 5.11 Å². The van der Waals surface area contributed by atoms with Gasteiger partial charge in [-0.1, -0.05) is 29.3 Å². The molecule has 0 saturated carbocycles. The van der Waals surface area contributed by atoms with Gasteiger partial charge in [0.1, 0.15) is 0 Å². The van der Waals surface area contributed by atoms with E-state index in [1.54, 1.807) is 12.1 Å². The van der Waals surface area contributed by atoms with Crippen LogP contribution in [0.3, 0.4) is 0 Å². The Kier molecular flexibility index (Phi) is 5.04. The number of benzene rings is 1. The Morgan fingerprint density at radius 3 is 2.59 bits per heavy atom. The lowest BCUT2D eigenvalue weighted by molar-refractivity contribution is 0.141. The van der Waals surface area contributed by atoms with Crippen molar-refractivity contribution in [2.45, 2.75) is 25.4 Å². The minimum atomic E-state index is -0.419. The molecule has 1 aliphatic rings. The molecule has 1 nitrogen and oxygen atoms in total. The quantitative estimate of drug-likeness (QED) is 0.881. The van der Waals surface area contributed by atoms with Gasteiger partial charge in [-0.3, -0.25) is 0 Å². The topological polar surface area (TPSA) is 20.2 Å². The van der Waals surface area contributed by atoms with E-state index in [-0.39, 0.29) is 0 Å². The van der Waals surface area contributed by atoms with Crippen molar-refractivity contribution in [2.75, 3.05) is 11.5 Å². The zero-order valence-electron chi connectivity index (χ0n) is 9.53. The first-order valence-corrected chi connectivity index (χ1v) is 7.78. The Bertz CT molecular complexity index is 378. The van der Waals surface area contributed by atoms with Crippen molar-refractivity contribution in [2.24, 2.45) is 5.92 Å². The second-order valence-corrected chi connectivity index (χ2v) is 6.52. The average Bonchev–Trinajstić information content (AvgIpc) is 2.34. The highest BCUT2D eigenvalue weighted by atomic mass is 35.5. The average molecular weight is 291 g/mol. The van der Waals surface area contributed by atoms with Crippen molar-refractivity contribution in [3.63, 3.8) is 0 Å². The van der Waals surface area contributed by atoms with Gasteiger partial charge in [0.25, 0.3) is 0 Å². The lowest BCUT2D eigenvalue weighted by atomic mass is 9.92. The van der Waals surface area contributed by atoms with E-state index in [9.17, 15) is 5.11 Å². The number of aliphatic hydroxyl groups excluding tert-OH is 1. The van der Waals surface area contributed by atoms with Crippen molar-refractivity contribution >= 4 is 35.0 Å². The maximum Gasteiger partial charge on any atom is 0.0793 e. The van der Waals surface area contributed by atoms with Gasteiger partial charge >= 0.3 is 0 Å². The fourth-order valence-electron chi connectivity index (χ4n) is 2.15. The lowest BCUT2D eigenvalue weighted by Gasteiger charge is -2.24. The van der Waals surface area contributed by atoms with E-state index in [2.05, 4.69) is 0 Å². The van der Waals surface area contributed by atoms with E-state index in [4.69, 9.17) is 23.2 Å². The van der Waals surface area contributed by atoms with Crippen LogP contribution in [0.4, 0.5) is 0 Å². The predicted octanol–water partition coefficient (Wildman–Crippen LogP) is 4.56. The number of hydrogen-bond acceptors (Lipinski definition) is 2. The van der Waals surface area contributed by atoms with Gasteiger partial charge in [0.15, 0.2) is 0 Å². The molecule has 1 aromatic rings. The molecule has 0 bridgehead atoms. The largest absolute Gasteiger partial charge is 0.388 e. The van der Waals surface area contributed by atoms with Crippen molar-refractivity contribution in [1.29, 1.82) is 0 Å². The van der Waals surface area contributed by atoms with E-state index >= 15 is 0 Å². The van der Waals surface area contributed by atoms with Gasteiger partial charge in [-0.05, 0) is 54.4 Å². The van der Waals surface area contributed by atoms with Crippen molar-refractivity contribution in [3.8, 4) is 0 Å². The van der Waals surface area contributed by atoms with Gasteiger partial charge in [0.2, 0.25) is 0 Å². The maximum atomic E-state index is 10.2. The molecule has 17 heavy (non-hydrogen) atoms. The maximum absolute atomic E-state index is 10.2. The molecule has 1 fully saturated rings. The van der Waals surface area contributed by atoms with Gasteiger partial charge in [0.05, 0.1) is 16.1 Å². The molecule has 4 heteroatoms. The highest BCUT2D eigenvalue weighted by molar-refractivity contribution is 7.99. The second kappa shape index (κ2) is 6.33. The van der Waals surface area contributed by atoms with Gasteiger partial charge in [-0.2, -0.15) is 11.8 Å². The minimum Gasteiger partial charge on any atom is -0.388 e. The smallest absolute Gasteiger partial charge is 0.0793 e. The van der Waals surface area contributed by atoms with E-state index in [0.717, 1.165) is 12.0 Å². The summed E-state index contributed by atoms with van der Waals surface area (Å²) in [6.45, 7) is 0. The molecule has 1 saturated heterocycles. The zero-order valence-corrected chi connectivity index (χ0v) is 11.9. The fraction of sp³-hybridized carbons (Fsp3) is 0.538. The van der Waals surface area contributed by atoms with Crippen LogP contribution in [0.25, 0.3) is 0 Å². The van der Waals surface area contributed by atoms with Crippen LogP contribution < -0.4 is 0 Å². The first-order chi connectivity index (χ1) is 8.16. The molecule has 1 aromatic carbocycles. The molecule has 1 atom stereocenters. The molecule has 0 aromatic heterocycles. The van der Waals surface area contributed by atoms with E-state index in [1.165, 1.54) is 24.3 Å². The van der Waals surface area contributed by atoms with Gasteiger partial charge in [-0.15, -0.1) is 0 Å². The Hall–Kier alpha value is 0.110. The van der Waals surface area contributed by atoms with Gasteiger partial charge in [0, 0.05) is 0 Å². The number of aliphatic hydroxyl groups is 1. The first-order valence-electron chi connectivity index (χ1n) is 5.87. The van der Waals surface area contributed by atoms with Crippen LogP contribution in [0.5, 0.6) is 0 Å². The third-order valence-corrected chi connectivity index (χ3v) is 5.01. The molecule has 0 radical (unpaired) electrons. The molecule has 1 aliphatic heterocycles. The highest BCUT2D eigenvalue weighted by Gasteiger charge is 2.19. The molecule has 94 valence electrons. The zero-order chi connectivity index (χ0) is 12.3. The normalized spacial score (nSPS) is 19.2. The van der Waals surface area contributed by atoms with Crippen LogP contribution in [0.2, 0.25) is 10.0 Å². The number of thioether (sulfide) groups is 1. The summed E-state index contributed by atoms with van der Waals surface area (Å²) < 4.78 is 0. The highest BCUT2D eigenvalue weighted by Crippen LogP contribution is 2.32. The molecule has 1 heterocycles. The second-order valence-electron chi connectivity index (χ2n) is 4.48. The Balaban J connectivity index is 1.98. The molecule has 1 N–H and O–H groups in total. The molecular weight excluding hydrogens is 275 g/mol. The number of rotatable bonds is 3. The summed E-state index contributed by atoms with van der Waals surface area (Å²) in [5.74, 6) is 3.08. The summed E-state index contributed by atoms with van der Waals surface area (Å²) in [7, 11) is 0. The third-order valence-electron chi connectivity index (χ3n) is 3.23. The Labute approximate surface area is 117 Å². The van der Waals surface area contributed by atoms with Crippen LogP contribution in [-0.2, 0) is 0 Å². The van der Waals surface area contributed by atoms with E-state index < -0.39 is 6.10 Å². The Morgan fingerprint density at radius 2 is 1.94 bits per heavy atom. The molecular formula is C13H16Cl2OS. The van der Waals surface area contributed by atoms with Crippen LogP contribution in [-0.4, -0.2) is 16.6 Å². The fourth-order valence-corrected chi connectivity index (χ4v) is 3.66. The predicted molar refractivity (Wildman–Crippen MR) is 76.1 cm³/mol. The van der Waals surface area contributed by atoms with Crippen molar-refractivity contribution in [3.05, 3.63) is 33.8 Å². The summed E-state index contributed by atoms with van der Waals surface area (Å²) in [5, 5.41) is 11.2. The Morgan fingerprint density at radius 1 is 1.24 bits per heavy atom. The van der Waals surface area contributed by atoms with Crippen molar-refractivity contribution in [1.82, 2.24) is 0 Å². The lowest BCUT2D eigenvalue weighted by Crippen LogP contribution is -2.13. The summed E-state index contributed by atoms with van der Waals surface area (Å²) in [5.41, 5.74) is 0.873. The minimum absolute atomic E-state index is 0.419. The summed E-state index contributed by atoms with van der Waals surface area (Å²) >= 11 is 13.8. The van der Waals surface area contributed by atoms with Crippen LogP contribution in [0.1, 0.15) is 30.9 Å². The van der Waals surface area contributed by atoms with E-state index in [1.807, 2.05) is 17.8 Å². The molecule has 2 rings (SSSR count). The summed E-state index contributed by atoms with van der Waals surface area (Å²) in [6, 6.07) is 5.38. The van der Waals surface area contributed by atoms with Gasteiger partial charge < -0.3 is 5.11 Å². The van der Waals surface area contributed by atoms with Gasteiger partial charge in [-0.25, -0.2) is 0 Å². The third kappa shape index (κ3) is 3.78. The summed E-state index contributed by atoms with van der Waals surface area (Å²) in [4.78, 5) is 0. The SMILES string of the molecule is OC(CC1CCSCC1)c1ccc(Cl)c(Cl)c1. The number of hydrogen-bond donors (Lipinski definition) is 1. The molecule has 0 amide bonds. The number of halogens is 2. The first kappa shape index (κ1) is 13.5. The van der Waals surface area contributed by atoms with E-state index in [0.29, 0.717) is 16.0 Å². The molecule has 1 unspecified atom stereocenters. The summed E-state index contributed by atoms with van der Waals surface area (Å²) in [6.07, 6.45) is 2.84. The molecule has 0 aliphatic carbocycles. The van der Waals surface area contributed by atoms with Crippen LogP contribution in [0.15, 0.2) is 18.2 Å². The standard InChI is InChI=1S/C13H16Cl2OS/c14-11-2-1-10(8-12(11)15)13(16)7-9-3-5-17-6-4-9/h1-2,8-9,13,16H,3-7H2.